The van der Waals surface area contributed by atoms with Crippen LogP contribution in [0.1, 0.15) is 17.7 Å². The number of nitrogens with zero attached hydrogens (tertiary/aromatic N) is 1. The molecule has 0 saturated heterocycles. The van der Waals surface area contributed by atoms with E-state index < -0.39 is 12.1 Å². The summed E-state index contributed by atoms with van der Waals surface area (Å²) < 4.78 is 29.6. The second kappa shape index (κ2) is 4.52. The van der Waals surface area contributed by atoms with Crippen molar-refractivity contribution in [2.75, 3.05) is 7.11 Å². The van der Waals surface area contributed by atoms with E-state index in [-0.39, 0.29) is 17.4 Å². The normalized spacial score (nSPS) is 10.7. The monoisotopic (exact) mass is 222 g/mol. The van der Waals surface area contributed by atoms with Gasteiger partial charge in [-0.1, -0.05) is 11.6 Å². The van der Waals surface area contributed by atoms with Crippen molar-refractivity contribution >= 4 is 11.6 Å². The minimum absolute atomic E-state index is 0.0669. The number of pyridine rings is 1. The molecule has 0 fully saturated rings. The molecule has 14 heavy (non-hydrogen) atoms. The number of aromatic nitrogens is 1. The Morgan fingerprint density at radius 1 is 1.64 bits per heavy atom. The Balaban J connectivity index is 3.27. The summed E-state index contributed by atoms with van der Waals surface area (Å²) in [5.74, 6) is 0.0881. The zero-order valence-corrected chi connectivity index (χ0v) is 8.18. The highest BCUT2D eigenvalue weighted by molar-refractivity contribution is 6.32. The SMILES string of the molecule is COc1cc(CN)c(Cl)c(C(F)F)n1. The molecule has 2 N–H and O–H groups in total. The molecule has 0 aromatic carbocycles. The van der Waals surface area contributed by atoms with E-state index >= 15 is 0 Å². The zero-order valence-electron chi connectivity index (χ0n) is 7.43. The van der Waals surface area contributed by atoms with Crippen molar-refractivity contribution in [3.05, 3.63) is 22.3 Å². The van der Waals surface area contributed by atoms with Gasteiger partial charge in [0, 0.05) is 12.6 Å². The summed E-state index contributed by atoms with van der Waals surface area (Å²) in [6.45, 7) is 0.0669. The van der Waals surface area contributed by atoms with Gasteiger partial charge in [-0.05, 0) is 5.56 Å². The summed E-state index contributed by atoms with van der Waals surface area (Å²) in [6.07, 6.45) is -2.73. The fraction of sp³-hybridized carbons (Fsp3) is 0.375. The molecule has 1 aromatic heterocycles. The van der Waals surface area contributed by atoms with E-state index in [0.29, 0.717) is 5.56 Å². The van der Waals surface area contributed by atoms with Crippen LogP contribution in [0.5, 0.6) is 5.88 Å². The highest BCUT2D eigenvalue weighted by atomic mass is 35.5. The lowest BCUT2D eigenvalue weighted by molar-refractivity contribution is 0.145. The summed E-state index contributed by atoms with van der Waals surface area (Å²) in [7, 11) is 1.34. The smallest absolute Gasteiger partial charge is 0.281 e. The van der Waals surface area contributed by atoms with E-state index in [4.69, 9.17) is 22.1 Å². The van der Waals surface area contributed by atoms with Gasteiger partial charge in [0.1, 0.15) is 5.69 Å². The van der Waals surface area contributed by atoms with Crippen molar-refractivity contribution in [2.45, 2.75) is 13.0 Å². The van der Waals surface area contributed by atoms with Gasteiger partial charge in [-0.3, -0.25) is 0 Å². The van der Waals surface area contributed by atoms with Gasteiger partial charge in [-0.25, -0.2) is 13.8 Å². The summed E-state index contributed by atoms with van der Waals surface area (Å²) in [6, 6.07) is 1.44. The van der Waals surface area contributed by atoms with Crippen LogP contribution in [0.4, 0.5) is 8.78 Å². The van der Waals surface area contributed by atoms with Crippen LogP contribution in [0, 0.1) is 0 Å². The fourth-order valence-corrected chi connectivity index (χ4v) is 1.23. The van der Waals surface area contributed by atoms with Crippen molar-refractivity contribution in [2.24, 2.45) is 5.73 Å². The van der Waals surface area contributed by atoms with Crippen molar-refractivity contribution in [1.29, 1.82) is 0 Å². The molecule has 0 aliphatic heterocycles. The van der Waals surface area contributed by atoms with Crippen molar-refractivity contribution < 1.29 is 13.5 Å². The first kappa shape index (κ1) is 11.1. The number of nitrogens with two attached hydrogens (primary N) is 1. The first-order valence-electron chi connectivity index (χ1n) is 3.81. The molecule has 0 amide bonds. The Labute approximate surface area is 84.8 Å². The van der Waals surface area contributed by atoms with Gasteiger partial charge in [-0.2, -0.15) is 0 Å². The molecule has 0 aliphatic carbocycles. The zero-order chi connectivity index (χ0) is 10.7. The van der Waals surface area contributed by atoms with E-state index in [2.05, 4.69) is 4.98 Å². The molecule has 1 rings (SSSR count). The van der Waals surface area contributed by atoms with Crippen molar-refractivity contribution in [3.63, 3.8) is 0 Å². The van der Waals surface area contributed by atoms with Crippen LogP contribution in [0.25, 0.3) is 0 Å². The molecule has 0 unspecified atom stereocenters. The number of ether oxygens (including phenoxy) is 1. The molecule has 0 aliphatic rings. The molecule has 0 spiro atoms. The standard InChI is InChI=1S/C8H9ClF2N2O/c1-14-5-2-4(3-12)6(9)7(13-5)8(10)11/h2,8H,3,12H2,1H3. The van der Waals surface area contributed by atoms with E-state index in [0.717, 1.165) is 0 Å². The van der Waals surface area contributed by atoms with E-state index in [1.165, 1.54) is 13.2 Å². The Kier molecular flexibility index (Phi) is 3.60. The quantitative estimate of drug-likeness (QED) is 0.853. The number of methoxy groups -OCH3 is 1. The lowest BCUT2D eigenvalue weighted by atomic mass is 10.2. The largest absolute Gasteiger partial charge is 0.481 e. The third-order valence-electron chi connectivity index (χ3n) is 1.67. The highest BCUT2D eigenvalue weighted by Crippen LogP contribution is 2.30. The molecule has 1 heterocycles. The Hall–Kier alpha value is -0.940. The second-order valence-corrected chi connectivity index (χ2v) is 2.91. The van der Waals surface area contributed by atoms with Crippen LogP contribution in [0.2, 0.25) is 5.02 Å². The maximum absolute atomic E-state index is 12.4. The predicted molar refractivity (Wildman–Crippen MR) is 48.6 cm³/mol. The maximum Gasteiger partial charge on any atom is 0.281 e. The minimum atomic E-state index is -2.73. The third-order valence-corrected chi connectivity index (χ3v) is 2.11. The lowest BCUT2D eigenvalue weighted by Gasteiger charge is -2.09. The Morgan fingerprint density at radius 2 is 2.29 bits per heavy atom. The predicted octanol–water partition coefficient (Wildman–Crippen LogP) is 2.14. The molecular weight excluding hydrogens is 214 g/mol. The lowest BCUT2D eigenvalue weighted by Crippen LogP contribution is -2.03. The summed E-state index contributed by atoms with van der Waals surface area (Å²) >= 11 is 5.65. The van der Waals surface area contributed by atoms with Crippen LogP contribution >= 0.6 is 11.6 Å². The number of alkyl halides is 2. The summed E-state index contributed by atoms with van der Waals surface area (Å²) in [5.41, 5.74) is 5.23. The Bertz CT molecular complexity index is 333. The fourth-order valence-electron chi connectivity index (χ4n) is 0.975. The van der Waals surface area contributed by atoms with Crippen LogP contribution in [0.3, 0.4) is 0 Å². The third kappa shape index (κ3) is 2.10. The first-order chi connectivity index (χ1) is 6.60. The van der Waals surface area contributed by atoms with Crippen LogP contribution in [0.15, 0.2) is 6.07 Å². The summed E-state index contributed by atoms with van der Waals surface area (Å²) in [5, 5.41) is -0.0942. The molecule has 1 aromatic rings. The topological polar surface area (TPSA) is 48.1 Å². The summed E-state index contributed by atoms with van der Waals surface area (Å²) in [4.78, 5) is 3.54. The average Bonchev–Trinajstić information content (AvgIpc) is 2.17. The molecular formula is C8H9ClF2N2O. The van der Waals surface area contributed by atoms with E-state index in [9.17, 15) is 8.78 Å². The molecule has 0 bridgehead atoms. The average molecular weight is 223 g/mol. The number of halogens is 3. The molecule has 3 nitrogen and oxygen atoms in total. The second-order valence-electron chi connectivity index (χ2n) is 2.53. The van der Waals surface area contributed by atoms with Gasteiger partial charge in [0.25, 0.3) is 6.43 Å². The number of hydrogen-bond donors (Lipinski definition) is 1. The molecule has 0 atom stereocenters. The molecule has 0 radical (unpaired) electrons. The van der Waals surface area contributed by atoms with Gasteiger partial charge in [0.15, 0.2) is 0 Å². The van der Waals surface area contributed by atoms with Crippen LogP contribution < -0.4 is 10.5 Å². The number of rotatable bonds is 3. The van der Waals surface area contributed by atoms with Gasteiger partial charge < -0.3 is 10.5 Å². The highest BCUT2D eigenvalue weighted by Gasteiger charge is 2.18. The van der Waals surface area contributed by atoms with Crippen LogP contribution in [-0.4, -0.2) is 12.1 Å². The van der Waals surface area contributed by atoms with E-state index in [1.807, 2.05) is 0 Å². The molecule has 6 heteroatoms. The Morgan fingerprint density at radius 3 is 2.71 bits per heavy atom. The number of hydrogen-bond acceptors (Lipinski definition) is 3. The molecule has 78 valence electrons. The van der Waals surface area contributed by atoms with Crippen molar-refractivity contribution in [1.82, 2.24) is 4.98 Å². The minimum Gasteiger partial charge on any atom is -0.481 e. The van der Waals surface area contributed by atoms with Gasteiger partial charge in [0.05, 0.1) is 12.1 Å². The van der Waals surface area contributed by atoms with Gasteiger partial charge in [0.2, 0.25) is 5.88 Å². The maximum atomic E-state index is 12.4. The van der Waals surface area contributed by atoms with Crippen molar-refractivity contribution in [3.8, 4) is 5.88 Å². The van der Waals surface area contributed by atoms with Gasteiger partial charge >= 0.3 is 0 Å². The first-order valence-corrected chi connectivity index (χ1v) is 4.19. The van der Waals surface area contributed by atoms with Gasteiger partial charge in [-0.15, -0.1) is 0 Å². The van der Waals surface area contributed by atoms with E-state index in [1.54, 1.807) is 0 Å². The molecule has 0 saturated carbocycles. The van der Waals surface area contributed by atoms with Crippen LogP contribution in [-0.2, 0) is 6.54 Å².